The Bertz CT molecular complexity index is 1260. The van der Waals surface area contributed by atoms with Gasteiger partial charge in [-0.2, -0.15) is 0 Å². The van der Waals surface area contributed by atoms with Gasteiger partial charge in [-0.15, -0.1) is 0 Å². The Morgan fingerprint density at radius 1 is 0.690 bits per heavy atom. The maximum Gasteiger partial charge on any atom is 0.412 e. The minimum Gasteiger partial charge on any atom is -0.480 e. The van der Waals surface area contributed by atoms with Crippen molar-refractivity contribution in [3.63, 3.8) is 0 Å². The van der Waals surface area contributed by atoms with E-state index in [1.54, 1.807) is 36.4 Å². The van der Waals surface area contributed by atoms with Gasteiger partial charge in [0.15, 0.2) is 0 Å². The Labute approximate surface area is 243 Å². The molecule has 0 aliphatic carbocycles. The average molecular weight is 576 g/mol. The molecule has 3 rings (SSSR count). The van der Waals surface area contributed by atoms with Crippen molar-refractivity contribution in [2.24, 2.45) is 4.99 Å². The lowest BCUT2D eigenvalue weighted by atomic mass is 10.1. The number of carbonyl (C=O) groups is 4. The van der Waals surface area contributed by atoms with Crippen molar-refractivity contribution >= 4 is 30.0 Å². The highest BCUT2D eigenvalue weighted by molar-refractivity contribution is 6.04. The van der Waals surface area contributed by atoms with E-state index in [2.05, 4.69) is 15.6 Å². The second-order valence-corrected chi connectivity index (χ2v) is 9.08. The van der Waals surface area contributed by atoms with Crippen molar-refractivity contribution in [3.8, 4) is 0 Å². The van der Waals surface area contributed by atoms with E-state index in [9.17, 15) is 24.3 Å². The monoisotopic (exact) mass is 575 g/mol. The first kappa shape index (κ1) is 31.3. The number of hydrogen-bond acceptors (Lipinski definition) is 8. The molecule has 0 heterocycles. The van der Waals surface area contributed by atoms with Gasteiger partial charge in [0.1, 0.15) is 38.1 Å². The van der Waals surface area contributed by atoms with Crippen LogP contribution in [0.2, 0.25) is 0 Å². The highest BCUT2D eigenvalue weighted by Crippen LogP contribution is 2.06. The van der Waals surface area contributed by atoms with E-state index < -0.39 is 30.2 Å². The van der Waals surface area contributed by atoms with Gasteiger partial charge in [-0.05, 0) is 29.5 Å². The van der Waals surface area contributed by atoms with Crippen molar-refractivity contribution in [1.29, 1.82) is 0 Å². The zero-order valence-corrected chi connectivity index (χ0v) is 22.9. The number of ether oxygens (including phenoxy) is 3. The number of benzene rings is 3. The van der Waals surface area contributed by atoms with Gasteiger partial charge < -0.3 is 24.6 Å². The highest BCUT2D eigenvalue weighted by Gasteiger charge is 2.20. The van der Waals surface area contributed by atoms with E-state index in [1.807, 2.05) is 54.6 Å². The van der Waals surface area contributed by atoms with Gasteiger partial charge in [-0.3, -0.25) is 15.1 Å². The molecule has 0 aliphatic rings. The van der Waals surface area contributed by atoms with Crippen molar-refractivity contribution in [2.45, 2.75) is 45.1 Å². The minimum atomic E-state index is -1.23. The molecule has 0 aliphatic heterocycles. The van der Waals surface area contributed by atoms with Crippen molar-refractivity contribution in [1.82, 2.24) is 10.6 Å². The summed E-state index contributed by atoms with van der Waals surface area (Å²) >= 11 is 0. The van der Waals surface area contributed by atoms with Crippen molar-refractivity contribution in [3.05, 3.63) is 108 Å². The molecule has 0 fully saturated rings. The van der Waals surface area contributed by atoms with Crippen molar-refractivity contribution < 1.29 is 38.5 Å². The predicted octanol–water partition coefficient (Wildman–Crippen LogP) is 4.60. The Balaban J connectivity index is 1.52. The molecule has 0 aromatic heterocycles. The molecule has 0 saturated carbocycles. The molecule has 0 bridgehead atoms. The van der Waals surface area contributed by atoms with E-state index in [-0.39, 0.29) is 51.5 Å². The maximum absolute atomic E-state index is 12.5. The van der Waals surface area contributed by atoms with E-state index in [0.29, 0.717) is 0 Å². The molecule has 0 saturated heterocycles. The molecule has 0 unspecified atom stereocenters. The summed E-state index contributed by atoms with van der Waals surface area (Å²) in [5.74, 6) is -1.84. The lowest BCUT2D eigenvalue weighted by Crippen LogP contribution is -2.41. The number of alkyl carbamates (subject to hydrolysis) is 2. The summed E-state index contributed by atoms with van der Waals surface area (Å²) < 4.78 is 15.6. The summed E-state index contributed by atoms with van der Waals surface area (Å²) in [6, 6.07) is 25.9. The van der Waals surface area contributed by atoms with Gasteiger partial charge in [0.2, 0.25) is 0 Å². The number of esters is 1. The van der Waals surface area contributed by atoms with Crippen LogP contribution < -0.4 is 10.6 Å². The van der Waals surface area contributed by atoms with Gasteiger partial charge in [0.25, 0.3) is 0 Å². The van der Waals surface area contributed by atoms with Crippen LogP contribution in [0, 0.1) is 0 Å². The number of aliphatic imine (C=N–C) groups is 1. The number of rotatable bonds is 14. The van der Waals surface area contributed by atoms with Gasteiger partial charge >= 0.3 is 24.1 Å². The number of carbonyl (C=O) groups excluding carboxylic acids is 3. The summed E-state index contributed by atoms with van der Waals surface area (Å²) in [6.07, 6.45) is -1.75. The molecule has 3 aromatic carbocycles. The Morgan fingerprint density at radius 3 is 1.67 bits per heavy atom. The third-order valence-corrected chi connectivity index (χ3v) is 5.77. The Morgan fingerprint density at radius 2 is 1.17 bits per heavy atom. The summed E-state index contributed by atoms with van der Waals surface area (Å²) in [7, 11) is 0. The summed E-state index contributed by atoms with van der Waals surface area (Å²) in [4.78, 5) is 52.9. The minimum absolute atomic E-state index is 0.000914. The number of hydrogen-bond donors (Lipinski definition) is 3. The van der Waals surface area contributed by atoms with Gasteiger partial charge in [0, 0.05) is 6.54 Å². The summed E-state index contributed by atoms with van der Waals surface area (Å²) in [5.41, 5.74) is 2.34. The normalized spacial score (nSPS) is 11.6. The quantitative estimate of drug-likeness (QED) is 0.0829. The predicted molar refractivity (Wildman–Crippen MR) is 153 cm³/mol. The van der Waals surface area contributed by atoms with E-state index in [1.165, 1.54) is 0 Å². The van der Waals surface area contributed by atoms with Crippen molar-refractivity contribution in [2.75, 3.05) is 6.54 Å². The lowest BCUT2D eigenvalue weighted by molar-refractivity contribution is -0.143. The molecular formula is C31H33N3O8. The fourth-order valence-electron chi connectivity index (χ4n) is 3.62. The third-order valence-electron chi connectivity index (χ3n) is 5.77. The maximum atomic E-state index is 12.5. The molecule has 3 N–H and O–H groups in total. The molecule has 3 aromatic rings. The first-order valence-electron chi connectivity index (χ1n) is 13.3. The number of nitrogens with zero attached hydrogens (tertiary/aromatic N) is 1. The Hall–Kier alpha value is -5.19. The van der Waals surface area contributed by atoms with Gasteiger partial charge in [0.05, 0.1) is 0 Å². The Kier molecular flexibility index (Phi) is 13.1. The zero-order chi connectivity index (χ0) is 30.0. The fraction of sp³-hybridized carbons (Fsp3) is 0.258. The first-order chi connectivity index (χ1) is 20.4. The molecule has 0 radical (unpaired) electrons. The van der Waals surface area contributed by atoms with Crippen LogP contribution in [0.25, 0.3) is 0 Å². The number of carboxylic acid groups (broad SMARTS) is 1. The van der Waals surface area contributed by atoms with E-state index in [0.717, 1.165) is 16.7 Å². The molecule has 2 amide bonds. The topological polar surface area (TPSA) is 153 Å². The fourth-order valence-corrected chi connectivity index (χ4v) is 3.62. The third kappa shape index (κ3) is 12.3. The van der Waals surface area contributed by atoms with Crippen LogP contribution in [0.5, 0.6) is 0 Å². The SMILES string of the molecule is O=C(CC(=NCCC[C@@H](NC(=O)OCc1ccccc1)C(=O)O)NC(=O)OCc1ccccc1)OCc1ccccc1. The number of nitrogens with one attached hydrogen (secondary N) is 2. The lowest BCUT2D eigenvalue weighted by Gasteiger charge is -2.14. The number of amidine groups is 1. The molecule has 11 nitrogen and oxygen atoms in total. The number of aliphatic carboxylic acids is 1. The molecule has 42 heavy (non-hydrogen) atoms. The first-order valence-corrected chi connectivity index (χ1v) is 13.3. The van der Waals surface area contributed by atoms with Crippen LogP contribution >= 0.6 is 0 Å². The van der Waals surface area contributed by atoms with Crippen LogP contribution in [0.3, 0.4) is 0 Å². The van der Waals surface area contributed by atoms with Crippen LogP contribution in [-0.4, -0.2) is 47.7 Å². The van der Waals surface area contributed by atoms with Gasteiger partial charge in [-0.25, -0.2) is 14.4 Å². The van der Waals surface area contributed by atoms with Crippen LogP contribution in [0.1, 0.15) is 36.0 Å². The molecule has 1 atom stereocenters. The molecule has 220 valence electrons. The number of carboxylic acids is 1. The molecule has 11 heteroatoms. The van der Waals surface area contributed by atoms with E-state index in [4.69, 9.17) is 14.2 Å². The average Bonchev–Trinajstić information content (AvgIpc) is 3.00. The highest BCUT2D eigenvalue weighted by atomic mass is 16.6. The van der Waals surface area contributed by atoms with E-state index >= 15 is 0 Å². The smallest absolute Gasteiger partial charge is 0.412 e. The molecule has 0 spiro atoms. The van der Waals surface area contributed by atoms with Gasteiger partial charge in [-0.1, -0.05) is 91.0 Å². The summed E-state index contributed by atoms with van der Waals surface area (Å²) in [6.45, 7) is 0.131. The second-order valence-electron chi connectivity index (χ2n) is 9.08. The molecular weight excluding hydrogens is 542 g/mol. The number of amides is 2. The standard InChI is InChI=1S/C31H33N3O8/c35-28(40-20-23-11-4-1-5-12-23)19-27(34-31(39)42-22-25-15-8-3-9-16-25)32-18-10-17-26(29(36)37)33-30(38)41-21-24-13-6-2-7-14-24/h1-9,11-16,26H,10,17-22H2,(H,33,38)(H,36,37)(H,32,34,39)/t26-/m1/s1. The van der Waals surface area contributed by atoms with Crippen LogP contribution in [-0.2, 0) is 43.6 Å². The van der Waals surface area contributed by atoms with Crippen LogP contribution in [0.4, 0.5) is 9.59 Å². The zero-order valence-electron chi connectivity index (χ0n) is 22.9. The van der Waals surface area contributed by atoms with Crippen LogP contribution in [0.15, 0.2) is 96.0 Å². The largest absolute Gasteiger partial charge is 0.480 e. The summed E-state index contributed by atoms with van der Waals surface area (Å²) in [5, 5.41) is 14.3. The second kappa shape index (κ2) is 17.5.